The van der Waals surface area contributed by atoms with Crippen molar-refractivity contribution < 1.29 is 49.6 Å². The molecule has 0 aromatic rings. The first-order valence-electron chi connectivity index (χ1n) is 8.53. The van der Waals surface area contributed by atoms with E-state index < -0.39 is 72.9 Å². The van der Waals surface area contributed by atoms with E-state index in [9.17, 15) is 30.6 Å². The van der Waals surface area contributed by atoms with Crippen molar-refractivity contribution >= 4 is 0 Å². The minimum absolute atomic E-state index is 0.417. The van der Waals surface area contributed by atoms with E-state index in [1.165, 1.54) is 6.26 Å². The van der Waals surface area contributed by atoms with Gasteiger partial charge in [-0.25, -0.2) is 0 Å². The van der Waals surface area contributed by atoms with Crippen molar-refractivity contribution in [1.82, 2.24) is 0 Å². The fourth-order valence-corrected chi connectivity index (χ4v) is 4.44. The lowest BCUT2D eigenvalue weighted by atomic mass is 9.77. The van der Waals surface area contributed by atoms with Crippen LogP contribution in [0, 0.1) is 5.92 Å². The highest BCUT2D eigenvalue weighted by molar-refractivity contribution is 5.35. The van der Waals surface area contributed by atoms with Gasteiger partial charge in [-0.3, -0.25) is 0 Å². The molecule has 3 aliphatic heterocycles. The Kier molecular flexibility index (Phi) is 4.16. The van der Waals surface area contributed by atoms with Crippen LogP contribution in [0.25, 0.3) is 0 Å². The van der Waals surface area contributed by atoms with Crippen LogP contribution < -0.4 is 0 Å². The number of aliphatic hydroxyl groups is 6. The van der Waals surface area contributed by atoms with Gasteiger partial charge in [0.05, 0.1) is 18.8 Å². The summed E-state index contributed by atoms with van der Waals surface area (Å²) >= 11 is 0. The number of rotatable bonds is 3. The largest absolute Gasteiger partial charge is 0.472 e. The van der Waals surface area contributed by atoms with Crippen molar-refractivity contribution in [3.8, 4) is 0 Å². The van der Waals surface area contributed by atoms with E-state index in [0.717, 1.165) is 0 Å². The molecule has 1 saturated carbocycles. The van der Waals surface area contributed by atoms with Crippen LogP contribution in [0.15, 0.2) is 11.8 Å². The topological polar surface area (TPSA) is 162 Å². The van der Waals surface area contributed by atoms with Crippen molar-refractivity contribution in [1.29, 1.82) is 0 Å². The molecule has 0 spiro atoms. The summed E-state index contributed by atoms with van der Waals surface area (Å²) in [5, 5.41) is 60.7. The third kappa shape index (κ3) is 2.25. The van der Waals surface area contributed by atoms with Gasteiger partial charge in [-0.15, -0.1) is 0 Å². The molecule has 3 heterocycles. The summed E-state index contributed by atoms with van der Waals surface area (Å²) in [6, 6.07) is 0. The van der Waals surface area contributed by atoms with Gasteiger partial charge in [0.15, 0.2) is 6.29 Å². The highest BCUT2D eigenvalue weighted by Crippen LogP contribution is 2.62. The van der Waals surface area contributed by atoms with E-state index in [2.05, 4.69) is 0 Å². The maximum atomic E-state index is 11.1. The van der Waals surface area contributed by atoms with Gasteiger partial charge < -0.3 is 49.6 Å². The lowest BCUT2D eigenvalue weighted by molar-refractivity contribution is -0.350. The van der Waals surface area contributed by atoms with Gasteiger partial charge in [0.25, 0.3) is 0 Å². The van der Waals surface area contributed by atoms with Gasteiger partial charge in [0, 0.05) is 0 Å². The molecule has 4 rings (SSSR count). The molecule has 4 aliphatic rings. The second-order valence-electron chi connectivity index (χ2n) is 7.61. The molecule has 0 aromatic heterocycles. The maximum Gasteiger partial charge on any atom is 0.210 e. The van der Waals surface area contributed by atoms with Crippen LogP contribution in [0.4, 0.5) is 0 Å². The molecule has 6 N–H and O–H groups in total. The summed E-state index contributed by atoms with van der Waals surface area (Å²) in [5.41, 5.74) is -2.10. The normalized spacial score (nSPS) is 58.5. The van der Waals surface area contributed by atoms with E-state index in [1.54, 1.807) is 13.8 Å². The van der Waals surface area contributed by atoms with Crippen LogP contribution in [0.1, 0.15) is 13.8 Å². The number of ether oxygens (including phenoxy) is 4. The zero-order chi connectivity index (χ0) is 19.0. The molecule has 0 aromatic carbocycles. The standard InChI is InChI=1S/C16H24O10/c1-5-4-23-14(10-15(2)12(26-15)11(21)16(5,10)22)25-13-9(20)8(19)7(18)6(3-17)24-13/h4,6-14,17-22H,3H2,1-2H3/t6-,7-,8+,9-,10-,11-,12+,13+,14+,15-,16+/m1/s1. The Labute approximate surface area is 149 Å². The first-order valence-corrected chi connectivity index (χ1v) is 8.53. The van der Waals surface area contributed by atoms with Crippen LogP contribution in [0.5, 0.6) is 0 Å². The third-order valence-corrected chi connectivity index (χ3v) is 6.12. The van der Waals surface area contributed by atoms with E-state index in [4.69, 9.17) is 18.9 Å². The Balaban J connectivity index is 1.59. The molecule has 11 atom stereocenters. The molecule has 0 amide bonds. The molecule has 0 radical (unpaired) electrons. The van der Waals surface area contributed by atoms with Gasteiger partial charge in [0.2, 0.25) is 6.29 Å². The van der Waals surface area contributed by atoms with E-state index >= 15 is 0 Å². The molecule has 10 heteroatoms. The number of hydrogen-bond acceptors (Lipinski definition) is 10. The predicted octanol–water partition coefficient (Wildman–Crippen LogP) is -3.06. The summed E-state index contributed by atoms with van der Waals surface area (Å²) < 4.78 is 22.1. The van der Waals surface area contributed by atoms with Crippen LogP contribution >= 0.6 is 0 Å². The Bertz CT molecular complexity index is 610. The lowest BCUT2D eigenvalue weighted by Crippen LogP contribution is -2.62. The van der Waals surface area contributed by atoms with Gasteiger partial charge >= 0.3 is 0 Å². The Hall–Kier alpha value is -0.820. The van der Waals surface area contributed by atoms with Crippen LogP contribution in [0.3, 0.4) is 0 Å². The second kappa shape index (κ2) is 5.84. The summed E-state index contributed by atoms with van der Waals surface area (Å²) in [4.78, 5) is 0. The Morgan fingerprint density at radius 3 is 2.46 bits per heavy atom. The van der Waals surface area contributed by atoms with Crippen LogP contribution in [0.2, 0.25) is 0 Å². The van der Waals surface area contributed by atoms with E-state index in [0.29, 0.717) is 5.57 Å². The highest BCUT2D eigenvalue weighted by atomic mass is 16.8. The van der Waals surface area contributed by atoms with Gasteiger partial charge in [-0.1, -0.05) is 0 Å². The molecule has 0 bridgehead atoms. The van der Waals surface area contributed by atoms with Crippen molar-refractivity contribution in [3.63, 3.8) is 0 Å². The summed E-state index contributed by atoms with van der Waals surface area (Å²) in [6.45, 7) is 2.74. The quantitative estimate of drug-likeness (QED) is 0.279. The first kappa shape index (κ1) is 18.5. The lowest BCUT2D eigenvalue weighted by Gasteiger charge is -2.46. The average molecular weight is 376 g/mol. The number of aliphatic hydroxyl groups excluding tert-OH is 5. The Morgan fingerprint density at radius 2 is 1.81 bits per heavy atom. The summed E-state index contributed by atoms with van der Waals surface area (Å²) in [6.07, 6.45) is -8.91. The maximum absolute atomic E-state index is 11.1. The minimum atomic E-state index is -1.63. The molecule has 3 fully saturated rings. The predicted molar refractivity (Wildman–Crippen MR) is 81.2 cm³/mol. The van der Waals surface area contributed by atoms with Crippen molar-refractivity contribution in [3.05, 3.63) is 11.8 Å². The zero-order valence-corrected chi connectivity index (χ0v) is 14.3. The fourth-order valence-electron chi connectivity index (χ4n) is 4.44. The van der Waals surface area contributed by atoms with Crippen molar-refractivity contribution in [2.75, 3.05) is 6.61 Å². The number of epoxide rings is 1. The summed E-state index contributed by atoms with van der Waals surface area (Å²) in [5.74, 6) is -0.813. The zero-order valence-electron chi connectivity index (χ0n) is 14.3. The van der Waals surface area contributed by atoms with Crippen molar-refractivity contribution in [2.45, 2.75) is 74.3 Å². The molecule has 10 nitrogen and oxygen atoms in total. The molecule has 26 heavy (non-hydrogen) atoms. The van der Waals surface area contributed by atoms with E-state index in [-0.39, 0.29) is 0 Å². The molecule has 0 unspecified atom stereocenters. The number of hydrogen-bond donors (Lipinski definition) is 6. The second-order valence-corrected chi connectivity index (χ2v) is 7.61. The van der Waals surface area contributed by atoms with Crippen LogP contribution in [-0.2, 0) is 18.9 Å². The van der Waals surface area contributed by atoms with E-state index in [1.807, 2.05) is 0 Å². The molecule has 2 saturated heterocycles. The smallest absolute Gasteiger partial charge is 0.210 e. The average Bonchev–Trinajstić information content (AvgIpc) is 3.25. The van der Waals surface area contributed by atoms with Crippen molar-refractivity contribution in [2.24, 2.45) is 5.92 Å². The molecule has 148 valence electrons. The van der Waals surface area contributed by atoms with Gasteiger partial charge in [-0.05, 0) is 19.4 Å². The number of fused-ring (bicyclic) bond motifs is 3. The first-order chi connectivity index (χ1) is 12.2. The highest BCUT2D eigenvalue weighted by Gasteiger charge is 2.80. The van der Waals surface area contributed by atoms with Crippen LogP contribution in [-0.4, -0.2) is 97.7 Å². The third-order valence-electron chi connectivity index (χ3n) is 6.12. The fraction of sp³-hybridized carbons (Fsp3) is 0.875. The minimum Gasteiger partial charge on any atom is -0.472 e. The SMILES string of the molecule is CC1=CO[C@@H](O[C@@H]2O[C@H](CO)[C@@H](O)[C@H](O)[C@H]2O)[C@@H]2[C@@]3(C)O[C@H]3[C@@H](O)[C@]12O. The molecule has 1 aliphatic carbocycles. The summed E-state index contributed by atoms with van der Waals surface area (Å²) in [7, 11) is 0. The molecular formula is C16H24O10. The van der Waals surface area contributed by atoms with Gasteiger partial charge in [-0.2, -0.15) is 0 Å². The Morgan fingerprint density at radius 1 is 1.12 bits per heavy atom. The molecular weight excluding hydrogens is 352 g/mol. The van der Waals surface area contributed by atoms with Gasteiger partial charge in [0.1, 0.15) is 47.8 Å². The monoisotopic (exact) mass is 376 g/mol.